The van der Waals surface area contributed by atoms with E-state index in [0.29, 0.717) is 5.84 Å². The van der Waals surface area contributed by atoms with Crippen molar-refractivity contribution in [2.24, 2.45) is 10.8 Å². The minimum Gasteiger partial charge on any atom is -0.307 e. The van der Waals surface area contributed by atoms with E-state index in [2.05, 4.69) is 22.3 Å². The number of amidine groups is 1. The van der Waals surface area contributed by atoms with Crippen molar-refractivity contribution in [3.63, 3.8) is 0 Å². The highest BCUT2D eigenvalue weighted by Gasteiger charge is 2.01. The van der Waals surface area contributed by atoms with Crippen LogP contribution in [-0.4, -0.2) is 17.4 Å². The molecule has 3 N–H and O–H groups in total. The fourth-order valence-corrected chi connectivity index (χ4v) is 1.10. The number of hydrazine groups is 1. The second kappa shape index (κ2) is 5.34. The first-order valence-corrected chi connectivity index (χ1v) is 4.73. The first-order chi connectivity index (χ1) is 6.77. The van der Waals surface area contributed by atoms with Crippen LogP contribution >= 0.6 is 0 Å². The van der Waals surface area contributed by atoms with Gasteiger partial charge < -0.3 is 5.43 Å². The van der Waals surface area contributed by atoms with Crippen molar-refractivity contribution in [2.75, 3.05) is 6.54 Å². The molecular weight excluding hydrogens is 176 g/mol. The minimum absolute atomic E-state index is 0.649. The summed E-state index contributed by atoms with van der Waals surface area (Å²) in [4.78, 5) is 8.61. The van der Waals surface area contributed by atoms with Crippen LogP contribution in [0.2, 0.25) is 0 Å². The van der Waals surface area contributed by atoms with Gasteiger partial charge in [-0.3, -0.25) is 4.99 Å². The number of aromatic nitrogens is 1. The Morgan fingerprint density at radius 3 is 2.93 bits per heavy atom. The maximum absolute atomic E-state index is 5.37. The third kappa shape index (κ3) is 2.81. The molecule has 0 unspecified atom stereocenters. The lowest BCUT2D eigenvalue weighted by Gasteiger charge is -2.05. The first kappa shape index (κ1) is 10.7. The molecule has 0 saturated heterocycles. The van der Waals surface area contributed by atoms with E-state index in [9.17, 15) is 0 Å². The maximum Gasteiger partial charge on any atom is 0.161 e. The Labute approximate surface area is 84.2 Å². The lowest BCUT2D eigenvalue weighted by atomic mass is 10.3. The number of aliphatic imine (C=N–C) groups is 1. The fourth-order valence-electron chi connectivity index (χ4n) is 1.10. The van der Waals surface area contributed by atoms with Crippen molar-refractivity contribution in [3.05, 3.63) is 29.6 Å². The van der Waals surface area contributed by atoms with Crippen LogP contribution in [0.3, 0.4) is 0 Å². The number of hydrogen-bond acceptors (Lipinski definition) is 3. The van der Waals surface area contributed by atoms with E-state index in [4.69, 9.17) is 5.84 Å². The van der Waals surface area contributed by atoms with E-state index in [-0.39, 0.29) is 0 Å². The lowest BCUT2D eigenvalue weighted by Crippen LogP contribution is -2.32. The van der Waals surface area contributed by atoms with Gasteiger partial charge in [0.2, 0.25) is 0 Å². The first-order valence-electron chi connectivity index (χ1n) is 4.73. The van der Waals surface area contributed by atoms with Crippen molar-refractivity contribution in [1.29, 1.82) is 0 Å². The molecule has 76 valence electrons. The molecule has 0 saturated carbocycles. The Hall–Kier alpha value is -1.42. The normalized spacial score (nSPS) is 11.5. The van der Waals surface area contributed by atoms with E-state index < -0.39 is 0 Å². The van der Waals surface area contributed by atoms with Crippen molar-refractivity contribution >= 4 is 5.84 Å². The highest BCUT2D eigenvalue weighted by molar-refractivity contribution is 5.96. The summed E-state index contributed by atoms with van der Waals surface area (Å²) < 4.78 is 0. The van der Waals surface area contributed by atoms with Crippen LogP contribution in [0.25, 0.3) is 0 Å². The summed E-state index contributed by atoms with van der Waals surface area (Å²) in [6.07, 6.45) is 0.997. The van der Waals surface area contributed by atoms with Crippen molar-refractivity contribution in [2.45, 2.75) is 20.3 Å². The lowest BCUT2D eigenvalue weighted by molar-refractivity contribution is 0.903. The number of nitrogens with zero attached hydrogens (tertiary/aromatic N) is 2. The average Bonchev–Trinajstić information content (AvgIpc) is 2.19. The standard InChI is InChI=1S/C10H16N4/c1-3-7-12-10(14-11)9-6-4-5-8(2)13-9/h4-6H,3,7,11H2,1-2H3,(H,12,14). The summed E-state index contributed by atoms with van der Waals surface area (Å²) in [5.41, 5.74) is 4.32. The fraction of sp³-hybridized carbons (Fsp3) is 0.400. The van der Waals surface area contributed by atoms with Crippen molar-refractivity contribution in [3.8, 4) is 0 Å². The number of aryl methyl sites for hydroxylation is 1. The van der Waals surface area contributed by atoms with Crippen molar-refractivity contribution < 1.29 is 0 Å². The summed E-state index contributed by atoms with van der Waals surface area (Å²) in [5.74, 6) is 6.02. The summed E-state index contributed by atoms with van der Waals surface area (Å²) in [6, 6.07) is 5.77. The maximum atomic E-state index is 5.37. The molecule has 1 heterocycles. The average molecular weight is 192 g/mol. The van der Waals surface area contributed by atoms with E-state index in [0.717, 1.165) is 24.4 Å². The quantitative estimate of drug-likeness (QED) is 0.325. The van der Waals surface area contributed by atoms with Crippen LogP contribution in [0.1, 0.15) is 24.7 Å². The molecule has 0 aliphatic rings. The van der Waals surface area contributed by atoms with Crippen LogP contribution in [0, 0.1) is 6.92 Å². The van der Waals surface area contributed by atoms with Crippen molar-refractivity contribution in [1.82, 2.24) is 10.4 Å². The van der Waals surface area contributed by atoms with Crippen LogP contribution in [0.15, 0.2) is 23.2 Å². The third-order valence-corrected chi connectivity index (χ3v) is 1.76. The zero-order valence-electron chi connectivity index (χ0n) is 8.62. The summed E-state index contributed by atoms with van der Waals surface area (Å²) in [6.45, 7) is 4.77. The van der Waals surface area contributed by atoms with Crippen LogP contribution in [0.5, 0.6) is 0 Å². The Balaban J connectivity index is 2.89. The van der Waals surface area contributed by atoms with Gasteiger partial charge in [-0.15, -0.1) is 0 Å². The Bertz CT molecular complexity index is 320. The molecule has 0 aliphatic carbocycles. The molecule has 0 aromatic carbocycles. The molecule has 14 heavy (non-hydrogen) atoms. The molecule has 0 aliphatic heterocycles. The molecule has 1 rings (SSSR count). The molecule has 4 heteroatoms. The van der Waals surface area contributed by atoms with Gasteiger partial charge in [0.15, 0.2) is 5.84 Å². The third-order valence-electron chi connectivity index (χ3n) is 1.76. The highest BCUT2D eigenvalue weighted by atomic mass is 15.3. The molecule has 1 aromatic rings. The molecule has 4 nitrogen and oxygen atoms in total. The number of nitrogens with one attached hydrogen (secondary N) is 1. The molecule has 0 atom stereocenters. The minimum atomic E-state index is 0.649. The van der Waals surface area contributed by atoms with Gasteiger partial charge in [-0.1, -0.05) is 13.0 Å². The monoisotopic (exact) mass is 192 g/mol. The number of rotatable bonds is 3. The summed E-state index contributed by atoms with van der Waals surface area (Å²) in [7, 11) is 0. The smallest absolute Gasteiger partial charge is 0.161 e. The van der Waals surface area contributed by atoms with E-state index in [1.165, 1.54) is 0 Å². The second-order valence-corrected chi connectivity index (χ2v) is 3.04. The van der Waals surface area contributed by atoms with Gasteiger partial charge in [0.25, 0.3) is 0 Å². The van der Waals surface area contributed by atoms with Crippen LogP contribution in [0.4, 0.5) is 0 Å². The highest BCUT2D eigenvalue weighted by Crippen LogP contribution is 1.98. The molecule has 1 aromatic heterocycles. The Morgan fingerprint density at radius 1 is 1.57 bits per heavy atom. The van der Waals surface area contributed by atoms with Gasteiger partial charge in [0.1, 0.15) is 5.69 Å². The van der Waals surface area contributed by atoms with Crippen LogP contribution < -0.4 is 11.3 Å². The zero-order chi connectivity index (χ0) is 10.4. The Morgan fingerprint density at radius 2 is 2.36 bits per heavy atom. The van der Waals surface area contributed by atoms with Gasteiger partial charge in [-0.2, -0.15) is 0 Å². The predicted molar refractivity (Wildman–Crippen MR) is 58.0 cm³/mol. The zero-order valence-corrected chi connectivity index (χ0v) is 8.62. The van der Waals surface area contributed by atoms with E-state index in [1.54, 1.807) is 0 Å². The number of nitrogens with two attached hydrogens (primary N) is 1. The van der Waals surface area contributed by atoms with E-state index >= 15 is 0 Å². The molecule has 0 bridgehead atoms. The summed E-state index contributed by atoms with van der Waals surface area (Å²) in [5, 5.41) is 0. The van der Waals surface area contributed by atoms with Gasteiger partial charge >= 0.3 is 0 Å². The summed E-state index contributed by atoms with van der Waals surface area (Å²) >= 11 is 0. The topological polar surface area (TPSA) is 63.3 Å². The predicted octanol–water partition coefficient (Wildman–Crippen LogP) is 1.01. The SMILES string of the molecule is CCCN=C(NN)c1cccc(C)n1. The molecule has 0 radical (unpaired) electrons. The molecule has 0 spiro atoms. The van der Waals surface area contributed by atoms with Crippen LogP contribution in [-0.2, 0) is 0 Å². The van der Waals surface area contributed by atoms with Gasteiger partial charge in [-0.05, 0) is 25.5 Å². The number of pyridine rings is 1. The van der Waals surface area contributed by atoms with E-state index in [1.807, 2.05) is 25.1 Å². The Kier molecular flexibility index (Phi) is 4.07. The molecule has 0 fully saturated rings. The van der Waals surface area contributed by atoms with Gasteiger partial charge in [0.05, 0.1) is 0 Å². The van der Waals surface area contributed by atoms with Gasteiger partial charge in [0, 0.05) is 12.2 Å². The van der Waals surface area contributed by atoms with Gasteiger partial charge in [-0.25, -0.2) is 10.8 Å². The molecule has 0 amide bonds. The number of hydrogen-bond donors (Lipinski definition) is 2. The molecular formula is C10H16N4. The largest absolute Gasteiger partial charge is 0.307 e. The second-order valence-electron chi connectivity index (χ2n) is 3.04.